The Bertz CT molecular complexity index is 433. The molecule has 0 saturated carbocycles. The normalized spacial score (nSPS) is 11.4. The van der Waals surface area contributed by atoms with Crippen LogP contribution in [0.4, 0.5) is 8.78 Å². The molecule has 0 aliphatic rings. The van der Waals surface area contributed by atoms with Gasteiger partial charge in [0.15, 0.2) is 11.6 Å². The first-order valence-electron chi connectivity index (χ1n) is 3.47. The van der Waals surface area contributed by atoms with Gasteiger partial charge in [-0.05, 0) is 12.1 Å². The lowest BCUT2D eigenvalue weighted by atomic mass is 10.3. The molecule has 1 rings (SSSR count). The molecule has 0 saturated heterocycles. The molecule has 0 atom stereocenters. The molecule has 14 heavy (non-hydrogen) atoms. The minimum atomic E-state index is -4.15. The Hall–Kier alpha value is -1.21. The van der Waals surface area contributed by atoms with Crippen LogP contribution in [-0.4, -0.2) is 15.3 Å². The number of alkyl halides is 1. The van der Waals surface area contributed by atoms with Gasteiger partial charge in [0.05, 0.1) is 0 Å². The molecule has 0 amide bonds. The van der Waals surface area contributed by atoms with E-state index < -0.39 is 33.3 Å². The van der Waals surface area contributed by atoms with Crippen molar-refractivity contribution in [2.24, 2.45) is 5.14 Å². The highest BCUT2D eigenvalue weighted by Gasteiger charge is 2.17. The van der Waals surface area contributed by atoms with E-state index in [9.17, 15) is 17.2 Å². The fourth-order valence-electron chi connectivity index (χ4n) is 0.881. The van der Waals surface area contributed by atoms with Crippen LogP contribution in [0.15, 0.2) is 23.1 Å². The molecular weight excluding hydrogens is 216 g/mol. The zero-order chi connectivity index (χ0) is 10.8. The molecule has 2 N–H and O–H groups in total. The molecule has 1 aromatic rings. The average molecular weight is 223 g/mol. The number of halogens is 2. The first-order valence-corrected chi connectivity index (χ1v) is 5.01. The predicted molar refractivity (Wildman–Crippen MR) is 44.4 cm³/mol. The van der Waals surface area contributed by atoms with Crippen molar-refractivity contribution in [3.63, 3.8) is 0 Å². The van der Waals surface area contributed by atoms with E-state index in [-0.39, 0.29) is 0 Å². The van der Waals surface area contributed by atoms with Crippen LogP contribution < -0.4 is 9.88 Å². The van der Waals surface area contributed by atoms with Gasteiger partial charge in [-0.3, -0.25) is 0 Å². The summed E-state index contributed by atoms with van der Waals surface area (Å²) in [5, 5.41) is 4.71. The lowest BCUT2D eigenvalue weighted by Crippen LogP contribution is -2.14. The monoisotopic (exact) mass is 223 g/mol. The summed E-state index contributed by atoms with van der Waals surface area (Å²) < 4.78 is 50.7. The Labute approximate surface area is 79.3 Å². The predicted octanol–water partition coefficient (Wildman–Crippen LogP) is 0.779. The maximum atomic E-state index is 13.2. The Balaban J connectivity index is 3.28. The van der Waals surface area contributed by atoms with Gasteiger partial charge in [-0.2, -0.15) is 0 Å². The van der Waals surface area contributed by atoms with E-state index >= 15 is 0 Å². The smallest absolute Gasteiger partial charge is 0.241 e. The standard InChI is InChI=1S/C7H7F2NO3S/c8-4-13-5-2-1-3-6(7(5)9)14(10,11)12/h1-3H,4H2,(H2,10,11,12). The zero-order valence-corrected chi connectivity index (χ0v) is 7.72. The SMILES string of the molecule is NS(=O)(=O)c1cccc(OCF)c1F. The van der Waals surface area contributed by atoms with Crippen LogP contribution in [0.1, 0.15) is 0 Å². The number of hydrogen-bond acceptors (Lipinski definition) is 3. The van der Waals surface area contributed by atoms with Crippen LogP contribution >= 0.6 is 0 Å². The quantitative estimate of drug-likeness (QED) is 0.823. The van der Waals surface area contributed by atoms with Crippen molar-refractivity contribution < 1.29 is 21.9 Å². The number of ether oxygens (including phenoxy) is 1. The molecule has 0 aromatic heterocycles. The summed E-state index contributed by atoms with van der Waals surface area (Å²) in [6.07, 6.45) is 0. The van der Waals surface area contributed by atoms with Crippen molar-refractivity contribution in [1.82, 2.24) is 0 Å². The van der Waals surface area contributed by atoms with Crippen molar-refractivity contribution >= 4 is 10.0 Å². The highest BCUT2D eigenvalue weighted by molar-refractivity contribution is 7.89. The third-order valence-electron chi connectivity index (χ3n) is 1.44. The van der Waals surface area contributed by atoms with Crippen LogP contribution in [0.5, 0.6) is 5.75 Å². The third-order valence-corrected chi connectivity index (χ3v) is 2.37. The van der Waals surface area contributed by atoms with E-state index in [1.54, 1.807) is 0 Å². The van der Waals surface area contributed by atoms with Crippen LogP contribution in [0, 0.1) is 5.82 Å². The fraction of sp³-hybridized carbons (Fsp3) is 0.143. The Morgan fingerprint density at radius 2 is 2.07 bits per heavy atom. The van der Waals surface area contributed by atoms with Crippen molar-refractivity contribution in [3.05, 3.63) is 24.0 Å². The first kappa shape index (κ1) is 10.9. The summed E-state index contributed by atoms with van der Waals surface area (Å²) in [6, 6.07) is 3.27. The Morgan fingerprint density at radius 1 is 1.43 bits per heavy atom. The van der Waals surface area contributed by atoms with E-state index in [0.29, 0.717) is 0 Å². The molecule has 0 unspecified atom stereocenters. The van der Waals surface area contributed by atoms with Gasteiger partial charge in [0.25, 0.3) is 0 Å². The molecule has 0 heterocycles. The van der Waals surface area contributed by atoms with Gasteiger partial charge < -0.3 is 4.74 Å². The molecule has 0 aliphatic heterocycles. The number of sulfonamides is 1. The number of hydrogen-bond donors (Lipinski definition) is 1. The molecule has 0 radical (unpaired) electrons. The largest absolute Gasteiger partial charge is 0.460 e. The minimum absolute atomic E-state index is 0.487. The maximum absolute atomic E-state index is 13.2. The minimum Gasteiger partial charge on any atom is -0.460 e. The Kier molecular flexibility index (Phi) is 3.02. The van der Waals surface area contributed by atoms with Crippen LogP contribution in [-0.2, 0) is 10.0 Å². The summed E-state index contributed by atoms with van der Waals surface area (Å²) in [4.78, 5) is -0.719. The molecule has 0 spiro atoms. The molecule has 0 fully saturated rings. The number of benzene rings is 1. The molecule has 1 aromatic carbocycles. The van der Waals surface area contributed by atoms with Crippen molar-refractivity contribution in [2.45, 2.75) is 4.90 Å². The number of rotatable bonds is 3. The summed E-state index contributed by atoms with van der Waals surface area (Å²) in [6.45, 7) is -1.25. The van der Waals surface area contributed by atoms with Crippen LogP contribution in [0.2, 0.25) is 0 Å². The molecule has 78 valence electrons. The Morgan fingerprint density at radius 3 is 2.57 bits per heavy atom. The molecule has 0 bridgehead atoms. The average Bonchev–Trinajstić information content (AvgIpc) is 2.07. The fourth-order valence-corrected chi connectivity index (χ4v) is 1.50. The summed E-state index contributed by atoms with van der Waals surface area (Å²) >= 11 is 0. The number of primary sulfonamides is 1. The van der Waals surface area contributed by atoms with Crippen molar-refractivity contribution in [3.8, 4) is 5.75 Å². The second-order valence-corrected chi connectivity index (χ2v) is 3.90. The highest BCUT2D eigenvalue weighted by Crippen LogP contribution is 2.22. The molecule has 0 aliphatic carbocycles. The van der Waals surface area contributed by atoms with Gasteiger partial charge >= 0.3 is 0 Å². The van der Waals surface area contributed by atoms with Crippen molar-refractivity contribution in [1.29, 1.82) is 0 Å². The van der Waals surface area contributed by atoms with Crippen LogP contribution in [0.3, 0.4) is 0 Å². The zero-order valence-electron chi connectivity index (χ0n) is 6.91. The molecule has 7 heteroatoms. The summed E-state index contributed by atoms with van der Waals surface area (Å²) in [7, 11) is -4.15. The van der Waals surface area contributed by atoms with E-state index in [0.717, 1.165) is 12.1 Å². The first-order chi connectivity index (χ1) is 6.46. The second kappa shape index (κ2) is 3.89. The topological polar surface area (TPSA) is 69.4 Å². The van der Waals surface area contributed by atoms with E-state index in [1.165, 1.54) is 6.07 Å². The van der Waals surface area contributed by atoms with Gasteiger partial charge in [0, 0.05) is 0 Å². The molecular formula is C7H7F2NO3S. The van der Waals surface area contributed by atoms with E-state index in [4.69, 9.17) is 5.14 Å². The number of nitrogens with two attached hydrogens (primary N) is 1. The second-order valence-electron chi connectivity index (χ2n) is 2.37. The van der Waals surface area contributed by atoms with Gasteiger partial charge in [0.1, 0.15) is 4.90 Å². The van der Waals surface area contributed by atoms with Gasteiger partial charge in [-0.15, -0.1) is 0 Å². The third kappa shape index (κ3) is 2.18. The van der Waals surface area contributed by atoms with Gasteiger partial charge in [0.2, 0.25) is 16.9 Å². The maximum Gasteiger partial charge on any atom is 0.241 e. The summed E-state index contributed by atoms with van der Waals surface area (Å²) in [5.41, 5.74) is 0. The van der Waals surface area contributed by atoms with Gasteiger partial charge in [-0.25, -0.2) is 22.3 Å². The van der Waals surface area contributed by atoms with Crippen molar-refractivity contribution in [2.75, 3.05) is 6.86 Å². The van der Waals surface area contributed by atoms with Gasteiger partial charge in [-0.1, -0.05) is 6.07 Å². The summed E-state index contributed by atoms with van der Waals surface area (Å²) in [5.74, 6) is -1.67. The molecule has 4 nitrogen and oxygen atoms in total. The lowest BCUT2D eigenvalue weighted by molar-refractivity contribution is 0.183. The van der Waals surface area contributed by atoms with Crippen LogP contribution in [0.25, 0.3) is 0 Å². The van der Waals surface area contributed by atoms with E-state index in [2.05, 4.69) is 4.74 Å². The van der Waals surface area contributed by atoms with E-state index in [1.807, 2.05) is 0 Å². The highest BCUT2D eigenvalue weighted by atomic mass is 32.2. The lowest BCUT2D eigenvalue weighted by Gasteiger charge is -2.05.